The number of ether oxygens (including phenoxy) is 1. The van der Waals surface area contributed by atoms with Gasteiger partial charge in [0.05, 0.1) is 46.0 Å². The van der Waals surface area contributed by atoms with Crippen molar-refractivity contribution in [1.82, 2.24) is 9.99 Å². The van der Waals surface area contributed by atoms with Crippen molar-refractivity contribution in [2.45, 2.75) is 37.3 Å². The maximum atomic E-state index is 15.4. The predicted molar refractivity (Wildman–Crippen MR) is 200 cm³/mol. The fraction of sp³-hybridized carbons (Fsp3) is 0.275. The lowest BCUT2D eigenvalue weighted by Crippen LogP contribution is -2.53. The Hall–Kier alpha value is -5.11. The first-order valence-electron chi connectivity index (χ1n) is 17.6. The van der Waals surface area contributed by atoms with Gasteiger partial charge in [0.2, 0.25) is 11.8 Å². The van der Waals surface area contributed by atoms with Gasteiger partial charge in [-0.15, -0.1) is 0 Å². The zero-order valence-corrected chi connectivity index (χ0v) is 31.5. The number of anilines is 2. The average Bonchev–Trinajstić information content (AvgIpc) is 3.54. The quantitative estimate of drug-likeness (QED) is 0.141. The molecule has 2 N–H and O–H groups in total. The van der Waals surface area contributed by atoms with Crippen LogP contribution < -0.4 is 15.1 Å². The molecule has 2 saturated heterocycles. The van der Waals surface area contributed by atoms with Gasteiger partial charge in [0.15, 0.2) is 17.3 Å². The van der Waals surface area contributed by atoms with Crippen LogP contribution in [0, 0.1) is 23.7 Å². The summed E-state index contributed by atoms with van der Waals surface area (Å²) < 4.78 is 46.3. The Balaban J connectivity index is 1.33. The van der Waals surface area contributed by atoms with Gasteiger partial charge >= 0.3 is 6.18 Å². The summed E-state index contributed by atoms with van der Waals surface area (Å²) in [5.41, 5.74) is 1.04. The Morgan fingerprint density at radius 3 is 2.25 bits per heavy atom. The summed E-state index contributed by atoms with van der Waals surface area (Å²) in [7, 11) is 0. The Morgan fingerprint density at radius 1 is 0.929 bits per heavy atom. The molecule has 0 radical (unpaired) electrons. The number of phenols is 1. The number of hydrogen-bond acceptors (Lipinski definition) is 8. The number of allylic oxidation sites excluding steroid dienone is 2. The van der Waals surface area contributed by atoms with Gasteiger partial charge in [-0.25, -0.2) is 4.98 Å². The van der Waals surface area contributed by atoms with Crippen LogP contribution in [0.15, 0.2) is 90.6 Å². The molecule has 2 aliphatic heterocycles. The highest BCUT2D eigenvalue weighted by molar-refractivity contribution is 6.33. The van der Waals surface area contributed by atoms with E-state index < -0.39 is 81.2 Å². The number of aromatic nitrogens is 1. The Labute approximate surface area is 332 Å². The molecule has 4 amide bonds. The third-order valence-electron chi connectivity index (χ3n) is 11.3. The molecule has 1 saturated carbocycles. The third-order valence-corrected chi connectivity index (χ3v) is 12.1. The highest BCUT2D eigenvalue weighted by Gasteiger charge is 2.71. The molecule has 2 aliphatic carbocycles. The van der Waals surface area contributed by atoms with E-state index in [4.69, 9.17) is 39.5 Å². The number of nitrogens with one attached hydrogen (secondary N) is 1. The second-order valence-corrected chi connectivity index (χ2v) is 15.3. The molecule has 6 atom stereocenters. The Bertz CT molecular complexity index is 2340. The van der Waals surface area contributed by atoms with Crippen LogP contribution in [0.2, 0.25) is 15.1 Å². The number of hydrogen-bond donors (Lipinski definition) is 2. The SMILES string of the molecule is CCOc1cccc([C@H]2C3=CC[C@@H]4C(=O)N(c5ccc(Cl)cc5)C(=O)[C@@H]4[C@@H]3C[C@H]3C(=O)N(Nc4ncc(C(F)(F)F)cc4Cl)C(=O)[C@@]23c2ccc(Cl)cc2)c1O. The zero-order chi connectivity index (χ0) is 39.8. The molecule has 3 aromatic carbocycles. The van der Waals surface area contributed by atoms with Crippen LogP contribution in [-0.4, -0.2) is 45.3 Å². The van der Waals surface area contributed by atoms with Crippen LogP contribution in [0.1, 0.15) is 42.4 Å². The summed E-state index contributed by atoms with van der Waals surface area (Å²) in [5, 5.41) is 12.8. The number of rotatable bonds is 7. The number of amides is 4. The van der Waals surface area contributed by atoms with Crippen LogP contribution in [0.25, 0.3) is 0 Å². The number of nitrogens with zero attached hydrogens (tertiary/aromatic N) is 3. The van der Waals surface area contributed by atoms with Gasteiger partial charge in [0, 0.05) is 27.7 Å². The molecule has 4 aromatic rings. The lowest BCUT2D eigenvalue weighted by molar-refractivity contribution is -0.139. The summed E-state index contributed by atoms with van der Waals surface area (Å²) >= 11 is 18.7. The molecule has 3 heterocycles. The molecule has 16 heteroatoms. The van der Waals surface area contributed by atoms with Crippen molar-refractivity contribution >= 4 is 69.9 Å². The van der Waals surface area contributed by atoms with E-state index in [1.165, 1.54) is 0 Å². The van der Waals surface area contributed by atoms with Crippen molar-refractivity contribution in [3.63, 3.8) is 0 Å². The van der Waals surface area contributed by atoms with Gasteiger partial charge < -0.3 is 9.84 Å². The van der Waals surface area contributed by atoms with Crippen molar-refractivity contribution < 1.29 is 42.2 Å². The standard InChI is InChI=1S/C40H30Cl3F3N4O6/c1-2-56-30-5-3-4-26(33(30)51)32-24-14-15-25-31(37(54)49(35(25)52)23-12-10-22(42)11-13-23)27(24)17-28-36(53)50(38(55)39(28,32)19-6-8-21(41)9-7-19)48-34-29(43)16-20(18-47-34)40(44,45)46/h3-14,16,18,25,27-28,31-32,51H,2,15,17H2,1H3,(H,47,48)/t25-,27+,28-,31-,32+,39+/m0/s1. The first-order valence-corrected chi connectivity index (χ1v) is 18.7. The van der Waals surface area contributed by atoms with Crippen LogP contribution in [0.3, 0.4) is 0 Å². The number of fused-ring (bicyclic) bond motifs is 4. The van der Waals surface area contributed by atoms with Gasteiger partial charge in [0.1, 0.15) is 0 Å². The minimum Gasteiger partial charge on any atom is -0.504 e. The molecule has 0 bridgehead atoms. The zero-order valence-electron chi connectivity index (χ0n) is 29.2. The van der Waals surface area contributed by atoms with Crippen LogP contribution in [-0.2, 0) is 30.8 Å². The molecule has 8 rings (SSSR count). The fourth-order valence-electron chi connectivity index (χ4n) is 9.02. The first-order chi connectivity index (χ1) is 26.7. The maximum Gasteiger partial charge on any atom is 0.417 e. The molecular weight excluding hydrogens is 796 g/mol. The topological polar surface area (TPSA) is 129 Å². The van der Waals surface area contributed by atoms with Crippen LogP contribution >= 0.6 is 34.8 Å². The van der Waals surface area contributed by atoms with E-state index >= 15 is 4.79 Å². The van der Waals surface area contributed by atoms with Gasteiger partial charge in [0.25, 0.3) is 11.8 Å². The van der Waals surface area contributed by atoms with Crippen molar-refractivity contribution in [2.75, 3.05) is 16.9 Å². The average molecular weight is 826 g/mol. The van der Waals surface area contributed by atoms with Crippen molar-refractivity contribution in [3.05, 3.63) is 122 Å². The third kappa shape index (κ3) is 5.73. The van der Waals surface area contributed by atoms with Crippen LogP contribution in [0.5, 0.6) is 11.5 Å². The minimum atomic E-state index is -4.77. The summed E-state index contributed by atoms with van der Waals surface area (Å²) in [4.78, 5) is 63.7. The number of halogens is 6. The second kappa shape index (κ2) is 13.8. The van der Waals surface area contributed by atoms with Crippen LogP contribution in [0.4, 0.5) is 24.7 Å². The van der Waals surface area contributed by atoms with Crippen molar-refractivity contribution in [3.8, 4) is 11.5 Å². The summed E-state index contributed by atoms with van der Waals surface area (Å²) in [6.07, 6.45) is -2.41. The number of carbonyl (C=O) groups is 4. The molecule has 1 aromatic heterocycles. The van der Waals surface area contributed by atoms with E-state index in [2.05, 4.69) is 10.4 Å². The monoisotopic (exact) mass is 824 g/mol. The van der Waals surface area contributed by atoms with Crippen molar-refractivity contribution in [1.29, 1.82) is 0 Å². The number of pyridine rings is 1. The summed E-state index contributed by atoms with van der Waals surface area (Å²) in [6, 6.07) is 18.0. The first kappa shape index (κ1) is 37.8. The van der Waals surface area contributed by atoms with E-state index in [1.807, 2.05) is 6.08 Å². The molecule has 0 spiro atoms. The van der Waals surface area contributed by atoms with Gasteiger partial charge in [-0.3, -0.25) is 29.5 Å². The number of benzene rings is 3. The van der Waals surface area contributed by atoms with Gasteiger partial charge in [-0.1, -0.05) is 70.7 Å². The summed E-state index contributed by atoms with van der Waals surface area (Å²) in [5.74, 6) is -8.03. The smallest absolute Gasteiger partial charge is 0.417 e. The Morgan fingerprint density at radius 2 is 1.61 bits per heavy atom. The molecule has 3 fully saturated rings. The van der Waals surface area contributed by atoms with E-state index in [1.54, 1.807) is 73.7 Å². The largest absolute Gasteiger partial charge is 0.504 e. The molecule has 4 aliphatic rings. The number of alkyl halides is 3. The number of carbonyl (C=O) groups excluding carboxylic acids is 4. The molecule has 56 heavy (non-hydrogen) atoms. The number of phenolic OH excluding ortho intramolecular Hbond substituents is 1. The lowest BCUT2D eigenvalue weighted by Gasteiger charge is -2.50. The van der Waals surface area contributed by atoms with Gasteiger partial charge in [-0.2, -0.15) is 18.2 Å². The lowest BCUT2D eigenvalue weighted by atomic mass is 9.49. The maximum absolute atomic E-state index is 15.4. The number of para-hydroxylation sites is 1. The predicted octanol–water partition coefficient (Wildman–Crippen LogP) is 8.35. The normalized spacial score (nSPS) is 25.8. The van der Waals surface area contributed by atoms with E-state index in [-0.39, 0.29) is 36.5 Å². The van der Waals surface area contributed by atoms with E-state index in [0.717, 1.165) is 4.90 Å². The van der Waals surface area contributed by atoms with Gasteiger partial charge in [-0.05, 0) is 79.8 Å². The summed E-state index contributed by atoms with van der Waals surface area (Å²) in [6.45, 7) is 1.92. The highest BCUT2D eigenvalue weighted by Crippen LogP contribution is 2.65. The number of aromatic hydroxyl groups is 1. The highest BCUT2D eigenvalue weighted by atomic mass is 35.5. The van der Waals surface area contributed by atoms with E-state index in [0.29, 0.717) is 44.1 Å². The molecule has 0 unspecified atom stereocenters. The number of imide groups is 2. The van der Waals surface area contributed by atoms with Crippen molar-refractivity contribution in [2.24, 2.45) is 23.7 Å². The minimum absolute atomic E-state index is 0.0948. The molecule has 288 valence electrons. The molecular formula is C40H30Cl3F3N4O6. The Kier molecular flexibility index (Phi) is 9.33. The molecule has 10 nitrogen and oxygen atoms in total. The second-order valence-electron chi connectivity index (χ2n) is 14.0. The van der Waals surface area contributed by atoms with E-state index in [9.17, 15) is 32.7 Å². The fourth-order valence-corrected chi connectivity index (χ4v) is 9.48. The number of hydrazine groups is 1.